The molecule has 5 nitrogen and oxygen atoms in total. The maximum absolute atomic E-state index is 9.46. The Balaban J connectivity index is 0.000000149. The molecule has 98 valence electrons. The van der Waals surface area contributed by atoms with Gasteiger partial charge in [0.25, 0.3) is 6.47 Å². The second-order valence-corrected chi connectivity index (χ2v) is 3.96. The molecule has 0 N–H and O–H groups in total. The normalized spacial score (nSPS) is 23.3. The van der Waals surface area contributed by atoms with Gasteiger partial charge in [0.2, 0.25) is 0 Å². The number of carbonyl (C=O) groups is 1. The summed E-state index contributed by atoms with van der Waals surface area (Å²) in [5, 5.41) is 0. The third kappa shape index (κ3) is 5.65. The molecule has 2 aliphatic heterocycles. The van der Waals surface area contributed by atoms with E-state index in [1.54, 1.807) is 0 Å². The summed E-state index contributed by atoms with van der Waals surface area (Å²) in [6, 6.07) is 9.79. The van der Waals surface area contributed by atoms with Crippen molar-refractivity contribution >= 4 is 6.47 Å². The van der Waals surface area contributed by atoms with E-state index in [9.17, 15) is 4.79 Å². The number of carbonyl (C=O) groups excluding carboxylic acids is 1. The number of ether oxygens (including phenoxy) is 4. The molecular weight excluding hydrogens is 236 g/mol. The first-order valence-corrected chi connectivity index (χ1v) is 5.85. The van der Waals surface area contributed by atoms with Gasteiger partial charge >= 0.3 is 0 Å². The molecule has 0 aliphatic carbocycles. The van der Waals surface area contributed by atoms with Crippen molar-refractivity contribution in [2.75, 3.05) is 26.4 Å². The standard InChI is InChI=1S/C9H10O2.C4H6O3/c1-2-4-8(5-3-1)10-6-9-7-11-9;5-3-6-1-4-2-7-4/h1-5,9H,6-7H2;3-4H,1-2H2. The van der Waals surface area contributed by atoms with Gasteiger partial charge in [0, 0.05) is 0 Å². The second kappa shape index (κ2) is 6.98. The van der Waals surface area contributed by atoms with Crippen molar-refractivity contribution in [1.29, 1.82) is 0 Å². The van der Waals surface area contributed by atoms with Crippen LogP contribution in [0.1, 0.15) is 0 Å². The quantitative estimate of drug-likeness (QED) is 0.559. The Morgan fingerprint density at radius 3 is 2.28 bits per heavy atom. The minimum absolute atomic E-state index is 0.199. The summed E-state index contributed by atoms with van der Waals surface area (Å²) in [5.41, 5.74) is 0. The zero-order chi connectivity index (χ0) is 12.6. The van der Waals surface area contributed by atoms with Crippen molar-refractivity contribution in [3.05, 3.63) is 30.3 Å². The third-order valence-corrected chi connectivity index (χ3v) is 2.33. The number of epoxide rings is 2. The highest BCUT2D eigenvalue weighted by Gasteiger charge is 2.23. The smallest absolute Gasteiger partial charge is 0.293 e. The van der Waals surface area contributed by atoms with E-state index in [2.05, 4.69) is 4.74 Å². The molecule has 2 aliphatic rings. The Bertz CT molecular complexity index is 346. The highest BCUT2D eigenvalue weighted by atomic mass is 16.6. The molecule has 2 fully saturated rings. The van der Waals surface area contributed by atoms with E-state index >= 15 is 0 Å². The lowest BCUT2D eigenvalue weighted by atomic mass is 10.3. The summed E-state index contributed by atoms with van der Waals surface area (Å²) < 4.78 is 19.5. The van der Waals surface area contributed by atoms with E-state index in [1.807, 2.05) is 30.3 Å². The van der Waals surface area contributed by atoms with Gasteiger partial charge in [0.1, 0.15) is 31.2 Å². The molecular formula is C13H16O5. The van der Waals surface area contributed by atoms with Gasteiger partial charge in [-0.15, -0.1) is 0 Å². The van der Waals surface area contributed by atoms with Crippen LogP contribution in [0.25, 0.3) is 0 Å². The molecule has 0 aromatic heterocycles. The molecule has 2 saturated heterocycles. The van der Waals surface area contributed by atoms with Crippen LogP contribution in [0.15, 0.2) is 30.3 Å². The van der Waals surface area contributed by atoms with E-state index in [-0.39, 0.29) is 6.10 Å². The Kier molecular flexibility index (Phi) is 4.99. The van der Waals surface area contributed by atoms with Gasteiger partial charge in [-0.25, -0.2) is 0 Å². The van der Waals surface area contributed by atoms with Gasteiger partial charge in [0.05, 0.1) is 13.2 Å². The zero-order valence-electron chi connectivity index (χ0n) is 9.99. The van der Waals surface area contributed by atoms with Gasteiger partial charge in [-0.3, -0.25) is 4.79 Å². The van der Waals surface area contributed by atoms with Gasteiger partial charge in [-0.2, -0.15) is 0 Å². The first-order chi connectivity index (χ1) is 8.88. The first-order valence-electron chi connectivity index (χ1n) is 5.85. The summed E-state index contributed by atoms with van der Waals surface area (Å²) in [4.78, 5) is 9.46. The third-order valence-electron chi connectivity index (χ3n) is 2.33. The average molecular weight is 252 g/mol. The predicted octanol–water partition coefficient (Wildman–Crippen LogP) is 1.02. The fourth-order valence-corrected chi connectivity index (χ4v) is 1.18. The van der Waals surface area contributed by atoms with E-state index in [1.165, 1.54) is 0 Å². The zero-order valence-corrected chi connectivity index (χ0v) is 9.99. The van der Waals surface area contributed by atoms with Crippen LogP contribution in [-0.2, 0) is 19.0 Å². The number of para-hydroxylation sites is 1. The molecule has 0 amide bonds. The summed E-state index contributed by atoms with van der Waals surface area (Å²) >= 11 is 0. The molecule has 0 saturated carbocycles. The van der Waals surface area contributed by atoms with Gasteiger partial charge in [-0.1, -0.05) is 18.2 Å². The van der Waals surface area contributed by atoms with Crippen LogP contribution < -0.4 is 4.74 Å². The topological polar surface area (TPSA) is 60.6 Å². The highest BCUT2D eigenvalue weighted by molar-refractivity contribution is 5.36. The molecule has 5 heteroatoms. The van der Waals surface area contributed by atoms with Crippen LogP contribution >= 0.6 is 0 Å². The molecule has 0 bridgehead atoms. The van der Waals surface area contributed by atoms with Crippen molar-refractivity contribution in [2.24, 2.45) is 0 Å². The fraction of sp³-hybridized carbons (Fsp3) is 0.462. The van der Waals surface area contributed by atoms with Crippen molar-refractivity contribution in [3.8, 4) is 5.75 Å². The number of rotatable bonds is 6. The summed E-state index contributed by atoms with van der Waals surface area (Å²) in [7, 11) is 0. The molecule has 0 radical (unpaired) electrons. The molecule has 2 atom stereocenters. The van der Waals surface area contributed by atoms with Crippen molar-refractivity contribution in [3.63, 3.8) is 0 Å². The molecule has 1 aromatic rings. The maximum Gasteiger partial charge on any atom is 0.293 e. The molecule has 0 spiro atoms. The van der Waals surface area contributed by atoms with E-state index in [0.29, 0.717) is 25.8 Å². The number of benzene rings is 1. The fourth-order valence-electron chi connectivity index (χ4n) is 1.18. The number of hydrogen-bond donors (Lipinski definition) is 0. The Morgan fingerprint density at radius 1 is 1.11 bits per heavy atom. The van der Waals surface area contributed by atoms with Crippen LogP contribution in [-0.4, -0.2) is 45.1 Å². The monoisotopic (exact) mass is 252 g/mol. The molecule has 18 heavy (non-hydrogen) atoms. The van der Waals surface area contributed by atoms with Crippen LogP contribution in [0.5, 0.6) is 5.75 Å². The SMILES string of the molecule is O=COCC1CO1.c1ccc(OCC2CO2)cc1. The second-order valence-electron chi connectivity index (χ2n) is 3.96. The van der Waals surface area contributed by atoms with Crippen LogP contribution in [0.2, 0.25) is 0 Å². The Labute approximate surface area is 106 Å². The highest BCUT2D eigenvalue weighted by Crippen LogP contribution is 2.13. The van der Waals surface area contributed by atoms with E-state index < -0.39 is 0 Å². The van der Waals surface area contributed by atoms with Crippen molar-refractivity contribution < 1.29 is 23.7 Å². The minimum Gasteiger partial charge on any atom is -0.491 e. The minimum atomic E-state index is 0.199. The lowest BCUT2D eigenvalue weighted by Gasteiger charge is -2.01. The molecule has 3 rings (SSSR count). The van der Waals surface area contributed by atoms with Crippen LogP contribution in [0, 0.1) is 0 Å². The largest absolute Gasteiger partial charge is 0.491 e. The maximum atomic E-state index is 9.46. The summed E-state index contributed by atoms with van der Waals surface area (Å²) in [5.74, 6) is 0.919. The van der Waals surface area contributed by atoms with E-state index in [0.717, 1.165) is 19.0 Å². The summed E-state index contributed by atoms with van der Waals surface area (Å²) in [6.07, 6.45) is 0.542. The first kappa shape index (κ1) is 12.9. The summed E-state index contributed by atoms with van der Waals surface area (Å²) in [6.45, 7) is 3.13. The Hall–Kier alpha value is -1.59. The van der Waals surface area contributed by atoms with Crippen molar-refractivity contribution in [1.82, 2.24) is 0 Å². The lowest BCUT2D eigenvalue weighted by molar-refractivity contribution is -0.129. The van der Waals surface area contributed by atoms with Gasteiger partial charge in [-0.05, 0) is 12.1 Å². The average Bonchev–Trinajstić information content (AvgIpc) is 3.30. The van der Waals surface area contributed by atoms with Gasteiger partial charge in [0.15, 0.2) is 0 Å². The number of hydrogen-bond acceptors (Lipinski definition) is 5. The molecule has 2 heterocycles. The lowest BCUT2D eigenvalue weighted by Crippen LogP contribution is -2.03. The Morgan fingerprint density at radius 2 is 1.72 bits per heavy atom. The molecule has 1 aromatic carbocycles. The van der Waals surface area contributed by atoms with Gasteiger partial charge < -0.3 is 18.9 Å². The predicted molar refractivity (Wildman–Crippen MR) is 63.4 cm³/mol. The van der Waals surface area contributed by atoms with Crippen molar-refractivity contribution in [2.45, 2.75) is 12.2 Å². The van der Waals surface area contributed by atoms with Crippen LogP contribution in [0.3, 0.4) is 0 Å². The van der Waals surface area contributed by atoms with Crippen LogP contribution in [0.4, 0.5) is 0 Å². The van der Waals surface area contributed by atoms with E-state index in [4.69, 9.17) is 14.2 Å². The molecule has 2 unspecified atom stereocenters.